The van der Waals surface area contributed by atoms with Crippen LogP contribution in [0.3, 0.4) is 0 Å². The van der Waals surface area contributed by atoms with Crippen LogP contribution < -0.4 is 5.32 Å². The van der Waals surface area contributed by atoms with Crippen LogP contribution in [0.25, 0.3) is 0 Å². The molecule has 0 aromatic heterocycles. The SMILES string of the molecule is Cc1ccc(C2CCC(CC(=O)Nc3ccc(F)cc3)CC2)cc1Cl. The van der Waals surface area contributed by atoms with E-state index in [9.17, 15) is 9.18 Å². The molecule has 1 aliphatic carbocycles. The summed E-state index contributed by atoms with van der Waals surface area (Å²) in [5, 5.41) is 3.68. The van der Waals surface area contributed by atoms with Crippen LogP contribution in [0, 0.1) is 18.7 Å². The van der Waals surface area contributed by atoms with Gasteiger partial charge in [0.25, 0.3) is 0 Å². The van der Waals surface area contributed by atoms with Gasteiger partial charge in [0, 0.05) is 17.1 Å². The highest BCUT2D eigenvalue weighted by Gasteiger charge is 2.24. The quantitative estimate of drug-likeness (QED) is 0.703. The third-order valence-electron chi connectivity index (χ3n) is 5.12. The van der Waals surface area contributed by atoms with Crippen LogP contribution in [-0.2, 0) is 4.79 Å². The number of hydrogen-bond acceptors (Lipinski definition) is 1. The van der Waals surface area contributed by atoms with Crippen LogP contribution in [-0.4, -0.2) is 5.91 Å². The molecule has 132 valence electrons. The Morgan fingerprint density at radius 2 is 1.80 bits per heavy atom. The van der Waals surface area contributed by atoms with E-state index in [-0.39, 0.29) is 11.7 Å². The molecule has 1 aliphatic rings. The van der Waals surface area contributed by atoms with E-state index in [0.717, 1.165) is 36.3 Å². The largest absolute Gasteiger partial charge is 0.326 e. The predicted molar refractivity (Wildman–Crippen MR) is 101 cm³/mol. The smallest absolute Gasteiger partial charge is 0.224 e. The Hall–Kier alpha value is -1.87. The summed E-state index contributed by atoms with van der Waals surface area (Å²) >= 11 is 6.24. The Balaban J connectivity index is 1.49. The summed E-state index contributed by atoms with van der Waals surface area (Å²) < 4.78 is 12.9. The van der Waals surface area contributed by atoms with Crippen LogP contribution >= 0.6 is 11.6 Å². The molecule has 1 amide bonds. The van der Waals surface area contributed by atoms with Crippen molar-refractivity contribution in [2.24, 2.45) is 5.92 Å². The molecule has 0 radical (unpaired) electrons. The van der Waals surface area contributed by atoms with E-state index in [0.29, 0.717) is 23.9 Å². The van der Waals surface area contributed by atoms with Crippen molar-refractivity contribution in [3.05, 3.63) is 64.4 Å². The lowest BCUT2D eigenvalue weighted by Gasteiger charge is -2.28. The predicted octanol–water partition coefficient (Wildman–Crippen LogP) is 6.09. The molecule has 2 aromatic carbocycles. The number of amides is 1. The molecule has 1 fully saturated rings. The Kier molecular flexibility index (Phi) is 5.74. The number of hydrogen-bond donors (Lipinski definition) is 1. The number of anilines is 1. The van der Waals surface area contributed by atoms with E-state index in [2.05, 4.69) is 23.5 Å². The average molecular weight is 360 g/mol. The second kappa shape index (κ2) is 8.01. The van der Waals surface area contributed by atoms with E-state index in [1.54, 1.807) is 12.1 Å². The van der Waals surface area contributed by atoms with Gasteiger partial charge in [0.05, 0.1) is 0 Å². The van der Waals surface area contributed by atoms with E-state index in [1.165, 1.54) is 17.7 Å². The molecule has 0 heterocycles. The van der Waals surface area contributed by atoms with Crippen LogP contribution in [0.4, 0.5) is 10.1 Å². The Morgan fingerprint density at radius 3 is 2.44 bits per heavy atom. The maximum absolute atomic E-state index is 12.9. The first-order chi connectivity index (χ1) is 12.0. The van der Waals surface area contributed by atoms with Gasteiger partial charge in [-0.3, -0.25) is 4.79 Å². The van der Waals surface area contributed by atoms with Gasteiger partial charge in [0.15, 0.2) is 0 Å². The second-order valence-corrected chi connectivity index (χ2v) is 7.39. The first-order valence-corrected chi connectivity index (χ1v) is 9.20. The van der Waals surface area contributed by atoms with Gasteiger partial charge >= 0.3 is 0 Å². The number of carbonyl (C=O) groups is 1. The summed E-state index contributed by atoms with van der Waals surface area (Å²) in [6.07, 6.45) is 4.81. The first kappa shape index (κ1) is 17.9. The van der Waals surface area contributed by atoms with E-state index >= 15 is 0 Å². The van der Waals surface area contributed by atoms with Crippen LogP contribution in [0.2, 0.25) is 5.02 Å². The van der Waals surface area contributed by atoms with Gasteiger partial charge < -0.3 is 5.32 Å². The number of nitrogens with one attached hydrogen (secondary N) is 1. The first-order valence-electron chi connectivity index (χ1n) is 8.82. The zero-order chi connectivity index (χ0) is 17.8. The summed E-state index contributed by atoms with van der Waals surface area (Å²) in [5.74, 6) is 0.660. The highest BCUT2D eigenvalue weighted by atomic mass is 35.5. The van der Waals surface area contributed by atoms with Gasteiger partial charge in [-0.2, -0.15) is 0 Å². The molecule has 25 heavy (non-hydrogen) atoms. The molecule has 3 rings (SSSR count). The molecule has 0 unspecified atom stereocenters. The fourth-order valence-electron chi connectivity index (χ4n) is 3.57. The van der Waals surface area contributed by atoms with Gasteiger partial charge in [-0.05, 0) is 85.9 Å². The molecule has 1 saturated carbocycles. The standard InChI is InChI=1S/C21H23ClFNO/c1-14-2-5-17(13-20(14)22)16-6-3-15(4-7-16)12-21(25)24-19-10-8-18(23)9-11-19/h2,5,8-11,13,15-16H,3-4,6-7,12H2,1H3,(H,24,25). The zero-order valence-electron chi connectivity index (χ0n) is 14.4. The Morgan fingerprint density at radius 1 is 1.12 bits per heavy atom. The molecule has 4 heteroatoms. The van der Waals surface area contributed by atoms with Crippen molar-refractivity contribution < 1.29 is 9.18 Å². The van der Waals surface area contributed by atoms with Crippen molar-refractivity contribution in [1.82, 2.24) is 0 Å². The lowest BCUT2D eigenvalue weighted by Crippen LogP contribution is -2.20. The topological polar surface area (TPSA) is 29.1 Å². The summed E-state index contributed by atoms with van der Waals surface area (Å²) in [5.41, 5.74) is 3.07. The number of rotatable bonds is 4. The average Bonchev–Trinajstić information content (AvgIpc) is 2.60. The van der Waals surface area contributed by atoms with Gasteiger partial charge in [-0.25, -0.2) is 4.39 Å². The number of benzene rings is 2. The number of carbonyl (C=O) groups excluding carboxylic acids is 1. The molecular formula is C21H23ClFNO. The normalized spacial score (nSPS) is 20.3. The van der Waals surface area contributed by atoms with Crippen molar-refractivity contribution in [2.45, 2.75) is 44.9 Å². The summed E-state index contributed by atoms with van der Waals surface area (Å²) in [7, 11) is 0. The molecule has 2 nitrogen and oxygen atoms in total. The van der Waals surface area contributed by atoms with Crippen LogP contribution in [0.15, 0.2) is 42.5 Å². The molecule has 0 atom stereocenters. The Bertz CT molecular complexity index is 736. The zero-order valence-corrected chi connectivity index (χ0v) is 15.2. The van der Waals surface area contributed by atoms with E-state index < -0.39 is 0 Å². The lowest BCUT2D eigenvalue weighted by atomic mass is 9.77. The molecule has 0 saturated heterocycles. The minimum absolute atomic E-state index is 0.00781. The summed E-state index contributed by atoms with van der Waals surface area (Å²) in [4.78, 5) is 12.2. The van der Waals surface area contributed by atoms with Gasteiger partial charge in [0.1, 0.15) is 5.82 Å². The third-order valence-corrected chi connectivity index (χ3v) is 5.52. The maximum Gasteiger partial charge on any atom is 0.224 e. The highest BCUT2D eigenvalue weighted by Crippen LogP contribution is 2.38. The number of halogens is 2. The molecule has 0 aliphatic heterocycles. The highest BCUT2D eigenvalue weighted by molar-refractivity contribution is 6.31. The molecule has 0 spiro atoms. The monoisotopic (exact) mass is 359 g/mol. The van der Waals surface area contributed by atoms with E-state index in [1.807, 2.05) is 6.92 Å². The molecule has 2 aromatic rings. The number of aryl methyl sites for hydroxylation is 1. The van der Waals surface area contributed by atoms with Crippen LogP contribution in [0.1, 0.15) is 49.1 Å². The van der Waals surface area contributed by atoms with E-state index in [4.69, 9.17) is 11.6 Å². The molecular weight excluding hydrogens is 337 g/mol. The van der Waals surface area contributed by atoms with Crippen molar-refractivity contribution in [2.75, 3.05) is 5.32 Å². The van der Waals surface area contributed by atoms with Crippen molar-refractivity contribution in [1.29, 1.82) is 0 Å². The third kappa shape index (κ3) is 4.82. The summed E-state index contributed by atoms with van der Waals surface area (Å²) in [6, 6.07) is 12.2. The van der Waals surface area contributed by atoms with Gasteiger partial charge in [-0.15, -0.1) is 0 Å². The Labute approximate surface area is 153 Å². The molecule has 1 N–H and O–H groups in total. The fraction of sp³-hybridized carbons (Fsp3) is 0.381. The fourth-order valence-corrected chi connectivity index (χ4v) is 3.76. The van der Waals surface area contributed by atoms with Crippen molar-refractivity contribution in [3.8, 4) is 0 Å². The maximum atomic E-state index is 12.9. The lowest BCUT2D eigenvalue weighted by molar-refractivity contribution is -0.117. The minimum Gasteiger partial charge on any atom is -0.326 e. The van der Waals surface area contributed by atoms with Crippen molar-refractivity contribution in [3.63, 3.8) is 0 Å². The molecule has 0 bridgehead atoms. The van der Waals surface area contributed by atoms with Gasteiger partial charge in [-0.1, -0.05) is 23.7 Å². The van der Waals surface area contributed by atoms with Crippen LogP contribution in [0.5, 0.6) is 0 Å². The van der Waals surface area contributed by atoms with Gasteiger partial charge in [0.2, 0.25) is 5.91 Å². The summed E-state index contributed by atoms with van der Waals surface area (Å²) in [6.45, 7) is 2.02. The van der Waals surface area contributed by atoms with Crippen molar-refractivity contribution >= 4 is 23.2 Å². The second-order valence-electron chi connectivity index (χ2n) is 6.99. The minimum atomic E-state index is -0.299.